The number of nitrogens with zero attached hydrogens (tertiary/aromatic N) is 1. The molecule has 8 aromatic carbocycles. The Balaban J connectivity index is 1.26. The van der Waals surface area contributed by atoms with Gasteiger partial charge in [0.2, 0.25) is 0 Å². The zero-order valence-electron chi connectivity index (χ0n) is 25.4. The average Bonchev–Trinajstić information content (AvgIpc) is 3.71. The number of rotatable bonds is 4. The molecule has 0 radical (unpaired) electrons. The number of thiophene rings is 2. The Kier molecular flexibility index (Phi) is 5.98. The Labute approximate surface area is 280 Å². The third kappa shape index (κ3) is 4.14. The molecule has 220 valence electrons. The van der Waals surface area contributed by atoms with Crippen LogP contribution in [0.3, 0.4) is 0 Å². The summed E-state index contributed by atoms with van der Waals surface area (Å²) < 4.78 is 5.26. The molecule has 1 nitrogen and oxygen atoms in total. The van der Waals surface area contributed by atoms with Gasteiger partial charge in [-0.15, -0.1) is 22.7 Å². The van der Waals surface area contributed by atoms with E-state index in [0.717, 1.165) is 5.69 Å². The van der Waals surface area contributed by atoms with Crippen molar-refractivity contribution < 1.29 is 0 Å². The summed E-state index contributed by atoms with van der Waals surface area (Å²) in [6, 6.07) is 60.1. The second kappa shape index (κ2) is 10.5. The van der Waals surface area contributed by atoms with Gasteiger partial charge in [0.05, 0.1) is 16.1 Å². The molecule has 0 N–H and O–H groups in total. The van der Waals surface area contributed by atoms with E-state index in [0.29, 0.717) is 0 Å². The van der Waals surface area contributed by atoms with Gasteiger partial charge in [0.25, 0.3) is 0 Å². The summed E-state index contributed by atoms with van der Waals surface area (Å²) >= 11 is 3.78. The van der Waals surface area contributed by atoms with Crippen LogP contribution in [0.25, 0.3) is 73.0 Å². The largest absolute Gasteiger partial charge is 0.308 e. The molecule has 0 saturated carbocycles. The Morgan fingerprint density at radius 2 is 0.936 bits per heavy atom. The lowest BCUT2D eigenvalue weighted by atomic mass is 9.98. The molecule has 0 bridgehead atoms. The summed E-state index contributed by atoms with van der Waals surface area (Å²) in [6.07, 6.45) is 0. The van der Waals surface area contributed by atoms with Crippen molar-refractivity contribution in [3.05, 3.63) is 164 Å². The van der Waals surface area contributed by atoms with Gasteiger partial charge >= 0.3 is 0 Å². The SMILES string of the molecule is c1ccc2c(-c3ccc(N(c4cccc5c4sc4ccccc45)c4cccc5ccc6c7ccccc7sc6c45)cc3)cccc2c1. The van der Waals surface area contributed by atoms with Crippen molar-refractivity contribution in [1.82, 2.24) is 0 Å². The van der Waals surface area contributed by atoms with Crippen LogP contribution in [-0.2, 0) is 0 Å². The van der Waals surface area contributed by atoms with Crippen LogP contribution in [0.15, 0.2) is 164 Å². The van der Waals surface area contributed by atoms with Gasteiger partial charge in [0.1, 0.15) is 0 Å². The standard InChI is InChI=1S/C44H27NS2/c1-2-13-32-28(10-1)11-7-16-33(32)29-22-25-31(26-23-29)45(39-19-9-17-36-34-14-3-5-20-40(34)46-43(36)39)38-18-8-12-30-24-27-37-35-15-4-6-21-41(35)47-44(37)42(30)38/h1-27H. The van der Waals surface area contributed by atoms with Crippen molar-refractivity contribution in [3.8, 4) is 11.1 Å². The summed E-state index contributed by atoms with van der Waals surface area (Å²) in [7, 11) is 0. The fourth-order valence-corrected chi connectivity index (χ4v) is 9.78. The number of anilines is 3. The molecule has 0 fully saturated rings. The third-order valence-electron chi connectivity index (χ3n) is 9.46. The van der Waals surface area contributed by atoms with Crippen LogP contribution in [0.2, 0.25) is 0 Å². The second-order valence-corrected chi connectivity index (χ2v) is 14.2. The molecule has 10 rings (SSSR count). The van der Waals surface area contributed by atoms with Crippen molar-refractivity contribution in [2.24, 2.45) is 0 Å². The van der Waals surface area contributed by atoms with Gasteiger partial charge in [0.15, 0.2) is 0 Å². The summed E-state index contributed by atoms with van der Waals surface area (Å²) in [5.74, 6) is 0. The van der Waals surface area contributed by atoms with Crippen molar-refractivity contribution in [3.63, 3.8) is 0 Å². The Bertz CT molecular complexity index is 2800. The number of hydrogen-bond donors (Lipinski definition) is 0. The molecule has 47 heavy (non-hydrogen) atoms. The molecular formula is C44H27NS2. The Hall–Kier alpha value is -5.48. The highest BCUT2D eigenvalue weighted by atomic mass is 32.1. The van der Waals surface area contributed by atoms with Gasteiger partial charge in [0, 0.05) is 46.7 Å². The maximum Gasteiger partial charge on any atom is 0.0640 e. The first kappa shape index (κ1) is 26.7. The third-order valence-corrected chi connectivity index (χ3v) is 11.9. The van der Waals surface area contributed by atoms with E-state index in [1.54, 1.807) is 0 Å². The fourth-order valence-electron chi connectivity index (χ4n) is 7.30. The molecule has 10 aromatic rings. The highest BCUT2D eigenvalue weighted by Gasteiger charge is 2.22. The van der Waals surface area contributed by atoms with Crippen molar-refractivity contribution >= 4 is 102 Å². The van der Waals surface area contributed by atoms with Crippen LogP contribution < -0.4 is 4.90 Å². The van der Waals surface area contributed by atoms with E-state index in [1.807, 2.05) is 22.7 Å². The molecule has 2 aromatic heterocycles. The summed E-state index contributed by atoms with van der Waals surface area (Å²) in [4.78, 5) is 2.50. The lowest BCUT2D eigenvalue weighted by Crippen LogP contribution is -2.10. The normalized spacial score (nSPS) is 11.8. The van der Waals surface area contributed by atoms with Crippen LogP contribution in [0.1, 0.15) is 0 Å². The number of hydrogen-bond acceptors (Lipinski definition) is 3. The smallest absolute Gasteiger partial charge is 0.0640 e. The van der Waals surface area contributed by atoms with Gasteiger partial charge < -0.3 is 4.90 Å². The van der Waals surface area contributed by atoms with Crippen LogP contribution in [-0.4, -0.2) is 0 Å². The van der Waals surface area contributed by atoms with E-state index < -0.39 is 0 Å². The minimum absolute atomic E-state index is 1.14. The first-order valence-electron chi connectivity index (χ1n) is 15.9. The molecule has 2 heterocycles. The van der Waals surface area contributed by atoms with Crippen molar-refractivity contribution in [1.29, 1.82) is 0 Å². The van der Waals surface area contributed by atoms with Gasteiger partial charge in [-0.25, -0.2) is 0 Å². The van der Waals surface area contributed by atoms with E-state index in [1.165, 1.54) is 84.4 Å². The fraction of sp³-hybridized carbons (Fsp3) is 0. The molecular weight excluding hydrogens is 607 g/mol. The summed E-state index contributed by atoms with van der Waals surface area (Å²) in [5, 5.41) is 10.3. The van der Waals surface area contributed by atoms with Gasteiger partial charge in [-0.2, -0.15) is 0 Å². The van der Waals surface area contributed by atoms with E-state index in [-0.39, 0.29) is 0 Å². The van der Waals surface area contributed by atoms with Crippen LogP contribution in [0.5, 0.6) is 0 Å². The highest BCUT2D eigenvalue weighted by molar-refractivity contribution is 7.27. The number of benzene rings is 8. The molecule has 0 aliphatic carbocycles. The molecule has 0 spiro atoms. The first-order valence-corrected chi connectivity index (χ1v) is 17.6. The van der Waals surface area contributed by atoms with Crippen LogP contribution in [0.4, 0.5) is 17.1 Å². The molecule has 0 unspecified atom stereocenters. The minimum Gasteiger partial charge on any atom is -0.308 e. The monoisotopic (exact) mass is 633 g/mol. The topological polar surface area (TPSA) is 3.24 Å². The zero-order chi connectivity index (χ0) is 30.9. The van der Waals surface area contributed by atoms with Crippen molar-refractivity contribution in [2.45, 2.75) is 0 Å². The van der Waals surface area contributed by atoms with E-state index in [9.17, 15) is 0 Å². The van der Waals surface area contributed by atoms with E-state index in [4.69, 9.17) is 0 Å². The zero-order valence-corrected chi connectivity index (χ0v) is 27.0. The Morgan fingerprint density at radius 3 is 1.74 bits per heavy atom. The first-order chi connectivity index (χ1) is 23.3. The summed E-state index contributed by atoms with van der Waals surface area (Å²) in [5.41, 5.74) is 6.01. The minimum atomic E-state index is 1.14. The lowest BCUT2D eigenvalue weighted by Gasteiger charge is -2.28. The maximum absolute atomic E-state index is 2.50. The lowest BCUT2D eigenvalue weighted by molar-refractivity contribution is 1.32. The van der Waals surface area contributed by atoms with E-state index >= 15 is 0 Å². The van der Waals surface area contributed by atoms with Crippen LogP contribution in [0, 0.1) is 0 Å². The highest BCUT2D eigenvalue weighted by Crippen LogP contribution is 2.49. The maximum atomic E-state index is 2.50. The van der Waals surface area contributed by atoms with Gasteiger partial charge in [-0.05, 0) is 63.7 Å². The molecule has 3 heteroatoms. The van der Waals surface area contributed by atoms with Gasteiger partial charge in [-0.1, -0.05) is 127 Å². The second-order valence-electron chi connectivity index (χ2n) is 12.1. The quantitative estimate of drug-likeness (QED) is 0.186. The van der Waals surface area contributed by atoms with Crippen LogP contribution >= 0.6 is 22.7 Å². The van der Waals surface area contributed by atoms with E-state index in [2.05, 4.69) is 169 Å². The average molecular weight is 634 g/mol. The molecule has 0 aliphatic heterocycles. The molecule has 0 amide bonds. The van der Waals surface area contributed by atoms with Gasteiger partial charge in [-0.3, -0.25) is 0 Å². The summed E-state index contributed by atoms with van der Waals surface area (Å²) in [6.45, 7) is 0. The molecule has 0 atom stereocenters. The predicted octanol–water partition coefficient (Wildman–Crippen LogP) is 13.9. The predicted molar refractivity (Wildman–Crippen MR) is 207 cm³/mol. The number of fused-ring (bicyclic) bond motifs is 9. The molecule has 0 aliphatic rings. The van der Waals surface area contributed by atoms with Crippen molar-refractivity contribution in [2.75, 3.05) is 4.90 Å². The molecule has 0 saturated heterocycles. The Morgan fingerprint density at radius 1 is 0.362 bits per heavy atom.